The van der Waals surface area contributed by atoms with Crippen LogP contribution in [0.25, 0.3) is 5.69 Å². The number of carbonyl (C=O) groups is 1. The van der Waals surface area contributed by atoms with Gasteiger partial charge < -0.3 is 15.7 Å². The van der Waals surface area contributed by atoms with E-state index in [9.17, 15) is 14.3 Å². The molecule has 0 saturated heterocycles. The lowest BCUT2D eigenvalue weighted by Crippen LogP contribution is -2.38. The van der Waals surface area contributed by atoms with E-state index in [0.717, 1.165) is 16.9 Å². The van der Waals surface area contributed by atoms with E-state index >= 15 is 0 Å². The third-order valence-corrected chi connectivity index (χ3v) is 3.78. The van der Waals surface area contributed by atoms with Crippen LogP contribution in [0.15, 0.2) is 30.5 Å². The van der Waals surface area contributed by atoms with Gasteiger partial charge in [0.15, 0.2) is 0 Å². The highest BCUT2D eigenvalue weighted by atomic mass is 19.1. The summed E-state index contributed by atoms with van der Waals surface area (Å²) in [5, 5.41) is 19.0. The number of hydrogen-bond donors (Lipinski definition) is 3. The fraction of sp³-hybridized carbons (Fsp3) is 0.412. The largest absolute Gasteiger partial charge is 0.393 e. The number of aliphatic hydroxyl groups is 1. The summed E-state index contributed by atoms with van der Waals surface area (Å²) in [6.45, 7) is 5.85. The lowest BCUT2D eigenvalue weighted by molar-refractivity contribution is 0.183. The number of nitrogens with one attached hydrogen (secondary N) is 2. The first-order valence-electron chi connectivity index (χ1n) is 7.91. The van der Waals surface area contributed by atoms with Gasteiger partial charge in [-0.2, -0.15) is 5.10 Å². The van der Waals surface area contributed by atoms with Crippen LogP contribution in [0, 0.1) is 12.7 Å². The van der Waals surface area contributed by atoms with Gasteiger partial charge in [-0.15, -0.1) is 0 Å². The molecule has 2 amide bonds. The Kier molecular flexibility index (Phi) is 5.92. The number of aromatic nitrogens is 2. The Morgan fingerprint density at radius 3 is 2.62 bits per heavy atom. The second-order valence-electron chi connectivity index (χ2n) is 5.83. The summed E-state index contributed by atoms with van der Waals surface area (Å²) in [7, 11) is 0. The molecule has 2 aromatic rings. The van der Waals surface area contributed by atoms with Crippen molar-refractivity contribution >= 4 is 6.03 Å². The topological polar surface area (TPSA) is 79.2 Å². The van der Waals surface area contributed by atoms with Gasteiger partial charge in [0.05, 0.1) is 24.0 Å². The fourth-order valence-corrected chi connectivity index (χ4v) is 2.41. The molecular formula is C17H23FN4O2. The molecule has 0 fully saturated rings. The van der Waals surface area contributed by atoms with E-state index in [1.807, 2.05) is 13.8 Å². The molecule has 0 aliphatic carbocycles. The summed E-state index contributed by atoms with van der Waals surface area (Å²) >= 11 is 0. The standard InChI is InChI=1S/C17H23FN4O2/c1-11(23)8-9-19-17(24)21-12(2)16-10-20-22(13(16)3)15-6-4-14(18)5-7-15/h4-7,10-12,23H,8-9H2,1-3H3,(H2,19,21,24). The molecule has 1 heterocycles. The summed E-state index contributed by atoms with van der Waals surface area (Å²) in [4.78, 5) is 11.9. The zero-order valence-corrected chi connectivity index (χ0v) is 14.1. The summed E-state index contributed by atoms with van der Waals surface area (Å²) in [6.07, 6.45) is 1.75. The van der Waals surface area contributed by atoms with Crippen LogP contribution in [0.3, 0.4) is 0 Å². The van der Waals surface area contributed by atoms with Gasteiger partial charge in [0.25, 0.3) is 0 Å². The van der Waals surface area contributed by atoms with Crippen molar-refractivity contribution in [1.29, 1.82) is 0 Å². The van der Waals surface area contributed by atoms with Crippen LogP contribution in [0.5, 0.6) is 0 Å². The van der Waals surface area contributed by atoms with Crippen molar-refractivity contribution in [2.75, 3.05) is 6.54 Å². The number of amides is 2. The van der Waals surface area contributed by atoms with Gasteiger partial charge in [-0.1, -0.05) is 0 Å². The zero-order valence-electron chi connectivity index (χ0n) is 14.1. The first kappa shape index (κ1) is 17.9. The first-order chi connectivity index (χ1) is 11.4. The Hall–Kier alpha value is -2.41. The van der Waals surface area contributed by atoms with Crippen molar-refractivity contribution in [3.8, 4) is 5.69 Å². The molecule has 2 atom stereocenters. The molecule has 24 heavy (non-hydrogen) atoms. The normalized spacial score (nSPS) is 13.4. The molecule has 1 aromatic carbocycles. The van der Waals surface area contributed by atoms with E-state index in [-0.39, 0.29) is 17.9 Å². The van der Waals surface area contributed by atoms with Gasteiger partial charge >= 0.3 is 6.03 Å². The van der Waals surface area contributed by atoms with Crippen LogP contribution in [0.2, 0.25) is 0 Å². The van der Waals surface area contributed by atoms with Crippen LogP contribution >= 0.6 is 0 Å². The Labute approximate surface area is 140 Å². The maximum absolute atomic E-state index is 13.0. The number of rotatable bonds is 6. The van der Waals surface area contributed by atoms with Gasteiger partial charge in [0.2, 0.25) is 0 Å². The van der Waals surface area contributed by atoms with Crippen molar-refractivity contribution in [2.24, 2.45) is 0 Å². The van der Waals surface area contributed by atoms with Crippen LogP contribution in [-0.4, -0.2) is 33.6 Å². The first-order valence-corrected chi connectivity index (χ1v) is 7.91. The molecule has 0 saturated carbocycles. The van der Waals surface area contributed by atoms with Crippen molar-refractivity contribution in [3.63, 3.8) is 0 Å². The van der Waals surface area contributed by atoms with Crippen LogP contribution < -0.4 is 10.6 Å². The molecule has 0 spiro atoms. The molecular weight excluding hydrogens is 311 g/mol. The third kappa shape index (κ3) is 4.55. The van der Waals surface area contributed by atoms with E-state index in [0.29, 0.717) is 13.0 Å². The second kappa shape index (κ2) is 7.92. The monoisotopic (exact) mass is 334 g/mol. The maximum atomic E-state index is 13.0. The molecule has 0 bridgehead atoms. The number of aliphatic hydroxyl groups excluding tert-OH is 1. The average molecular weight is 334 g/mol. The minimum Gasteiger partial charge on any atom is -0.393 e. The fourth-order valence-electron chi connectivity index (χ4n) is 2.41. The number of urea groups is 1. The summed E-state index contributed by atoms with van der Waals surface area (Å²) in [5.74, 6) is -0.298. The average Bonchev–Trinajstić information content (AvgIpc) is 2.89. The molecule has 3 N–H and O–H groups in total. The highest BCUT2D eigenvalue weighted by molar-refractivity contribution is 5.74. The van der Waals surface area contributed by atoms with Gasteiger partial charge in [0.1, 0.15) is 5.82 Å². The number of hydrogen-bond acceptors (Lipinski definition) is 3. The minimum absolute atomic E-state index is 0.231. The summed E-state index contributed by atoms with van der Waals surface area (Å²) in [5.41, 5.74) is 2.51. The predicted octanol–water partition coefficient (Wildman–Crippen LogP) is 2.45. The van der Waals surface area contributed by atoms with Gasteiger partial charge in [-0.25, -0.2) is 13.9 Å². The number of benzene rings is 1. The van der Waals surface area contributed by atoms with Crippen molar-refractivity contribution in [1.82, 2.24) is 20.4 Å². The Morgan fingerprint density at radius 2 is 2.00 bits per heavy atom. The van der Waals surface area contributed by atoms with E-state index in [1.165, 1.54) is 12.1 Å². The quantitative estimate of drug-likeness (QED) is 0.759. The lowest BCUT2D eigenvalue weighted by atomic mass is 10.1. The second-order valence-corrected chi connectivity index (χ2v) is 5.83. The van der Waals surface area contributed by atoms with Gasteiger partial charge in [-0.3, -0.25) is 0 Å². The number of nitrogens with zero attached hydrogens (tertiary/aromatic N) is 2. The number of carbonyl (C=O) groups excluding carboxylic acids is 1. The van der Waals surface area contributed by atoms with Crippen molar-refractivity contribution < 1.29 is 14.3 Å². The molecule has 6 nitrogen and oxygen atoms in total. The lowest BCUT2D eigenvalue weighted by Gasteiger charge is -2.15. The Bertz CT molecular complexity index is 682. The van der Waals surface area contributed by atoms with Crippen molar-refractivity contribution in [2.45, 2.75) is 39.3 Å². The number of halogens is 1. The van der Waals surface area contributed by atoms with Gasteiger partial charge in [-0.05, 0) is 51.5 Å². The molecule has 0 radical (unpaired) electrons. The van der Waals surface area contributed by atoms with E-state index in [1.54, 1.807) is 29.9 Å². The predicted molar refractivity (Wildman–Crippen MR) is 89.5 cm³/mol. The van der Waals surface area contributed by atoms with Crippen LogP contribution in [0.4, 0.5) is 9.18 Å². The van der Waals surface area contributed by atoms with Gasteiger partial charge in [0, 0.05) is 17.8 Å². The molecule has 0 aliphatic rings. The van der Waals surface area contributed by atoms with Crippen LogP contribution in [0.1, 0.15) is 37.6 Å². The highest BCUT2D eigenvalue weighted by Gasteiger charge is 2.16. The van der Waals surface area contributed by atoms with E-state index in [4.69, 9.17) is 0 Å². The van der Waals surface area contributed by atoms with Crippen LogP contribution in [-0.2, 0) is 0 Å². The third-order valence-electron chi connectivity index (χ3n) is 3.78. The molecule has 7 heteroatoms. The summed E-state index contributed by atoms with van der Waals surface area (Å²) in [6, 6.07) is 5.55. The van der Waals surface area contributed by atoms with E-state index in [2.05, 4.69) is 15.7 Å². The minimum atomic E-state index is -0.445. The molecule has 130 valence electrons. The highest BCUT2D eigenvalue weighted by Crippen LogP contribution is 2.20. The zero-order chi connectivity index (χ0) is 17.7. The Balaban J connectivity index is 2.01. The SMILES string of the molecule is Cc1c(C(C)NC(=O)NCCC(C)O)cnn1-c1ccc(F)cc1. The summed E-state index contributed by atoms with van der Waals surface area (Å²) < 4.78 is 14.7. The molecule has 2 rings (SSSR count). The molecule has 1 aromatic heterocycles. The molecule has 0 aliphatic heterocycles. The van der Waals surface area contributed by atoms with Crippen molar-refractivity contribution in [3.05, 3.63) is 47.5 Å². The smallest absolute Gasteiger partial charge is 0.315 e. The Morgan fingerprint density at radius 1 is 1.33 bits per heavy atom. The maximum Gasteiger partial charge on any atom is 0.315 e. The van der Waals surface area contributed by atoms with E-state index < -0.39 is 6.10 Å². The molecule has 2 unspecified atom stereocenters.